The Kier molecular flexibility index (Phi) is 4.67. The number of hydrogen-bond donors (Lipinski definition) is 1. The Morgan fingerprint density at radius 1 is 1.36 bits per heavy atom. The quantitative estimate of drug-likeness (QED) is 0.738. The molecule has 4 heterocycles. The Bertz CT molecular complexity index is 810. The number of amides is 1. The SMILES string of the molecule is O=C(NCCC1CN(Cc2cccs2)Cc2ccnn21)c1ccco1. The zero-order valence-electron chi connectivity index (χ0n) is 13.8. The predicted octanol–water partition coefficient (Wildman–Crippen LogP) is 2.91. The van der Waals surface area contributed by atoms with Gasteiger partial charge in [0.05, 0.1) is 18.0 Å². The molecule has 1 N–H and O–H groups in total. The molecular weight excluding hydrogens is 336 g/mol. The second-order valence-electron chi connectivity index (χ2n) is 6.19. The van der Waals surface area contributed by atoms with E-state index in [1.807, 2.05) is 6.20 Å². The van der Waals surface area contributed by atoms with Crippen LogP contribution in [0.25, 0.3) is 0 Å². The van der Waals surface area contributed by atoms with E-state index in [2.05, 4.69) is 43.6 Å². The molecule has 0 aromatic carbocycles. The smallest absolute Gasteiger partial charge is 0.286 e. The zero-order chi connectivity index (χ0) is 17.1. The van der Waals surface area contributed by atoms with Gasteiger partial charge in [0.15, 0.2) is 5.76 Å². The molecule has 0 saturated carbocycles. The highest BCUT2D eigenvalue weighted by Crippen LogP contribution is 2.25. The van der Waals surface area contributed by atoms with Crippen LogP contribution in [0.1, 0.15) is 33.6 Å². The Hall–Kier alpha value is -2.38. The van der Waals surface area contributed by atoms with E-state index in [0.29, 0.717) is 12.3 Å². The molecule has 1 aliphatic heterocycles. The van der Waals surface area contributed by atoms with Crippen LogP contribution in [0.15, 0.2) is 52.6 Å². The fourth-order valence-corrected chi connectivity index (χ4v) is 4.02. The van der Waals surface area contributed by atoms with Crippen LogP contribution in [-0.4, -0.2) is 33.7 Å². The number of rotatable bonds is 6. The molecule has 1 aliphatic rings. The van der Waals surface area contributed by atoms with Crippen LogP contribution in [0.2, 0.25) is 0 Å². The molecule has 0 spiro atoms. The van der Waals surface area contributed by atoms with E-state index in [-0.39, 0.29) is 11.9 Å². The van der Waals surface area contributed by atoms with Crippen molar-refractivity contribution in [2.45, 2.75) is 25.6 Å². The minimum absolute atomic E-state index is 0.170. The first kappa shape index (κ1) is 16.1. The van der Waals surface area contributed by atoms with Crippen LogP contribution >= 0.6 is 11.3 Å². The molecule has 25 heavy (non-hydrogen) atoms. The lowest BCUT2D eigenvalue weighted by Gasteiger charge is -2.33. The third kappa shape index (κ3) is 3.67. The van der Waals surface area contributed by atoms with E-state index in [0.717, 1.165) is 26.1 Å². The van der Waals surface area contributed by atoms with Gasteiger partial charge in [-0.3, -0.25) is 14.4 Å². The summed E-state index contributed by atoms with van der Waals surface area (Å²) in [6.07, 6.45) is 4.20. The molecular formula is C18H20N4O2S. The van der Waals surface area contributed by atoms with Crippen molar-refractivity contribution in [1.29, 1.82) is 0 Å². The Balaban J connectivity index is 1.37. The summed E-state index contributed by atoms with van der Waals surface area (Å²) >= 11 is 1.79. The summed E-state index contributed by atoms with van der Waals surface area (Å²) in [5.41, 5.74) is 1.23. The highest BCUT2D eigenvalue weighted by molar-refractivity contribution is 7.09. The molecule has 1 atom stereocenters. The first-order valence-corrected chi connectivity index (χ1v) is 9.26. The van der Waals surface area contributed by atoms with Crippen LogP contribution in [0.5, 0.6) is 0 Å². The van der Waals surface area contributed by atoms with E-state index in [1.54, 1.807) is 23.5 Å². The largest absolute Gasteiger partial charge is 0.459 e. The molecule has 130 valence electrons. The second kappa shape index (κ2) is 7.25. The first-order valence-electron chi connectivity index (χ1n) is 8.38. The summed E-state index contributed by atoms with van der Waals surface area (Å²) in [4.78, 5) is 15.8. The van der Waals surface area contributed by atoms with Crippen LogP contribution in [0.3, 0.4) is 0 Å². The lowest BCUT2D eigenvalue weighted by molar-refractivity contribution is 0.0919. The van der Waals surface area contributed by atoms with E-state index in [9.17, 15) is 4.79 Å². The van der Waals surface area contributed by atoms with Crippen molar-refractivity contribution >= 4 is 17.2 Å². The van der Waals surface area contributed by atoms with E-state index in [4.69, 9.17) is 4.42 Å². The Morgan fingerprint density at radius 3 is 3.12 bits per heavy atom. The monoisotopic (exact) mass is 356 g/mol. The summed E-state index contributed by atoms with van der Waals surface area (Å²) in [7, 11) is 0. The molecule has 6 nitrogen and oxygen atoms in total. The fraction of sp³-hybridized carbons (Fsp3) is 0.333. The topological polar surface area (TPSA) is 63.3 Å². The molecule has 3 aromatic heterocycles. The molecule has 0 radical (unpaired) electrons. The summed E-state index contributed by atoms with van der Waals surface area (Å²) in [5, 5.41) is 9.52. The van der Waals surface area contributed by atoms with Crippen LogP contribution in [0, 0.1) is 0 Å². The second-order valence-corrected chi connectivity index (χ2v) is 7.22. The average molecular weight is 356 g/mol. The lowest BCUT2D eigenvalue weighted by Crippen LogP contribution is -2.38. The van der Waals surface area contributed by atoms with Gasteiger partial charge in [-0.15, -0.1) is 11.3 Å². The maximum atomic E-state index is 12.0. The summed E-state index contributed by atoms with van der Waals surface area (Å²) in [5.74, 6) is 0.180. The minimum Gasteiger partial charge on any atom is -0.459 e. The van der Waals surface area contributed by atoms with Crippen molar-refractivity contribution in [3.63, 3.8) is 0 Å². The molecule has 1 amide bonds. The lowest BCUT2D eigenvalue weighted by atomic mass is 10.1. The van der Waals surface area contributed by atoms with Crippen molar-refractivity contribution in [1.82, 2.24) is 20.0 Å². The van der Waals surface area contributed by atoms with Crippen molar-refractivity contribution in [2.75, 3.05) is 13.1 Å². The number of hydrogen-bond acceptors (Lipinski definition) is 5. The van der Waals surface area contributed by atoms with Crippen molar-refractivity contribution < 1.29 is 9.21 Å². The number of nitrogens with one attached hydrogen (secondary N) is 1. The average Bonchev–Trinajstić information content (AvgIpc) is 3.36. The maximum absolute atomic E-state index is 12.0. The standard InChI is InChI=1S/C18H20N4O2S/c23-18(17-4-1-9-24-17)19-7-5-14-11-21(13-16-3-2-10-25-16)12-15-6-8-20-22(14)15/h1-4,6,8-10,14H,5,7,11-13H2,(H,19,23). The number of nitrogens with zero attached hydrogens (tertiary/aromatic N) is 3. The summed E-state index contributed by atoms with van der Waals surface area (Å²) in [6.45, 7) is 3.39. The molecule has 0 bridgehead atoms. The first-order chi connectivity index (χ1) is 12.3. The van der Waals surface area contributed by atoms with Gasteiger partial charge in [-0.1, -0.05) is 6.07 Å². The van der Waals surface area contributed by atoms with Crippen LogP contribution < -0.4 is 5.32 Å². The Morgan fingerprint density at radius 2 is 2.32 bits per heavy atom. The number of furan rings is 1. The molecule has 0 saturated heterocycles. The third-order valence-corrected chi connectivity index (χ3v) is 5.28. The van der Waals surface area contributed by atoms with Crippen molar-refractivity contribution in [3.8, 4) is 0 Å². The molecule has 1 unspecified atom stereocenters. The van der Waals surface area contributed by atoms with Crippen molar-refractivity contribution in [2.24, 2.45) is 0 Å². The molecule has 0 fully saturated rings. The minimum atomic E-state index is -0.170. The predicted molar refractivity (Wildman–Crippen MR) is 95.4 cm³/mol. The number of carbonyl (C=O) groups excluding carboxylic acids is 1. The van der Waals surface area contributed by atoms with Gasteiger partial charge in [0.25, 0.3) is 5.91 Å². The van der Waals surface area contributed by atoms with E-state index >= 15 is 0 Å². The van der Waals surface area contributed by atoms with Gasteiger partial charge in [-0.05, 0) is 36.1 Å². The number of carbonyl (C=O) groups is 1. The molecule has 7 heteroatoms. The molecule has 4 rings (SSSR count). The van der Waals surface area contributed by atoms with Gasteiger partial charge in [0, 0.05) is 37.3 Å². The highest BCUT2D eigenvalue weighted by Gasteiger charge is 2.25. The van der Waals surface area contributed by atoms with Gasteiger partial charge in [0.2, 0.25) is 0 Å². The van der Waals surface area contributed by atoms with E-state index < -0.39 is 0 Å². The van der Waals surface area contributed by atoms with Gasteiger partial charge >= 0.3 is 0 Å². The Labute approximate surface area is 150 Å². The maximum Gasteiger partial charge on any atom is 0.286 e. The van der Waals surface area contributed by atoms with Gasteiger partial charge in [-0.25, -0.2) is 0 Å². The summed E-state index contributed by atoms with van der Waals surface area (Å²) < 4.78 is 7.22. The number of aromatic nitrogens is 2. The van der Waals surface area contributed by atoms with Gasteiger partial charge in [0.1, 0.15) is 0 Å². The normalized spacial score (nSPS) is 17.4. The van der Waals surface area contributed by atoms with Gasteiger partial charge < -0.3 is 9.73 Å². The summed E-state index contributed by atoms with van der Waals surface area (Å²) in [6, 6.07) is 9.99. The van der Waals surface area contributed by atoms with E-state index in [1.165, 1.54) is 16.8 Å². The van der Waals surface area contributed by atoms with Gasteiger partial charge in [-0.2, -0.15) is 5.10 Å². The third-order valence-electron chi connectivity index (χ3n) is 4.42. The van der Waals surface area contributed by atoms with Crippen LogP contribution in [-0.2, 0) is 13.1 Å². The molecule has 3 aromatic rings. The zero-order valence-corrected chi connectivity index (χ0v) is 14.6. The van der Waals surface area contributed by atoms with Crippen molar-refractivity contribution in [3.05, 3.63) is 64.5 Å². The fourth-order valence-electron chi connectivity index (χ4n) is 3.27. The number of thiophene rings is 1. The van der Waals surface area contributed by atoms with Crippen LogP contribution in [0.4, 0.5) is 0 Å². The number of fused-ring (bicyclic) bond motifs is 1. The molecule has 0 aliphatic carbocycles. The highest BCUT2D eigenvalue weighted by atomic mass is 32.1.